The van der Waals surface area contributed by atoms with Crippen LogP contribution in [0.3, 0.4) is 0 Å². The summed E-state index contributed by atoms with van der Waals surface area (Å²) in [4.78, 5) is 12.8. The Kier molecular flexibility index (Phi) is 9.45. The second kappa shape index (κ2) is 12.3. The van der Waals surface area contributed by atoms with Crippen LogP contribution in [0.4, 0.5) is 5.69 Å². The van der Waals surface area contributed by atoms with Crippen LogP contribution in [0.2, 0.25) is 5.02 Å². The quantitative estimate of drug-likeness (QED) is 0.337. The normalized spacial score (nSPS) is 11.3. The summed E-state index contributed by atoms with van der Waals surface area (Å²) in [6.07, 6.45) is 0.784. The van der Waals surface area contributed by atoms with Crippen molar-refractivity contribution >= 4 is 45.0 Å². The third kappa shape index (κ3) is 7.52. The Balaban J connectivity index is 1.58. The number of anilines is 1. The molecule has 8 heteroatoms. The number of carbonyl (C=O) groups is 1. The molecule has 0 saturated heterocycles. The first-order valence-corrected chi connectivity index (χ1v) is 14.0. The molecule has 1 amide bonds. The van der Waals surface area contributed by atoms with Gasteiger partial charge < -0.3 is 5.32 Å². The molecule has 0 heterocycles. The summed E-state index contributed by atoms with van der Waals surface area (Å²) < 4.78 is 27.9. The van der Waals surface area contributed by atoms with Crippen molar-refractivity contribution < 1.29 is 13.2 Å². The molecule has 3 aromatic rings. The van der Waals surface area contributed by atoms with Crippen LogP contribution < -0.4 is 9.62 Å². The van der Waals surface area contributed by atoms with Crippen LogP contribution in [0.5, 0.6) is 0 Å². The van der Waals surface area contributed by atoms with Crippen molar-refractivity contribution in [3.05, 3.63) is 94.5 Å². The van der Waals surface area contributed by atoms with E-state index in [1.807, 2.05) is 50.2 Å². The number of carbonyl (C=O) groups excluding carboxylic acids is 1. The van der Waals surface area contributed by atoms with E-state index in [1.54, 1.807) is 48.2 Å². The van der Waals surface area contributed by atoms with Crippen molar-refractivity contribution in [2.75, 3.05) is 23.1 Å². The van der Waals surface area contributed by atoms with Crippen molar-refractivity contribution in [1.29, 1.82) is 0 Å². The number of nitrogens with zero attached hydrogens (tertiary/aromatic N) is 1. The van der Waals surface area contributed by atoms with E-state index in [2.05, 4.69) is 5.32 Å². The SMILES string of the molecule is Cc1ccc(N(CC(=O)NCCCSCc2cccc(Cl)c2)S(=O)(=O)c2ccc(C)cc2)cc1. The molecular formula is C26H29ClN2O3S2. The number of thioether (sulfide) groups is 1. The van der Waals surface area contributed by atoms with E-state index >= 15 is 0 Å². The maximum absolute atomic E-state index is 13.4. The number of nitrogens with one attached hydrogen (secondary N) is 1. The number of hydrogen-bond acceptors (Lipinski definition) is 4. The Morgan fingerprint density at radius 1 is 0.971 bits per heavy atom. The summed E-state index contributed by atoms with van der Waals surface area (Å²) in [5.74, 6) is 1.39. The fraction of sp³-hybridized carbons (Fsp3) is 0.269. The minimum absolute atomic E-state index is 0.156. The number of rotatable bonds is 11. The van der Waals surface area contributed by atoms with Gasteiger partial charge in [0.15, 0.2) is 0 Å². The van der Waals surface area contributed by atoms with Crippen LogP contribution in [-0.2, 0) is 20.6 Å². The highest BCUT2D eigenvalue weighted by Crippen LogP contribution is 2.24. The molecule has 3 rings (SSSR count). The Bertz CT molecular complexity index is 1200. The van der Waals surface area contributed by atoms with Crippen molar-refractivity contribution in [2.24, 2.45) is 0 Å². The number of amides is 1. The van der Waals surface area contributed by atoms with E-state index in [4.69, 9.17) is 11.6 Å². The fourth-order valence-corrected chi connectivity index (χ4v) is 5.81. The molecule has 1 N–H and O–H groups in total. The van der Waals surface area contributed by atoms with Gasteiger partial charge >= 0.3 is 0 Å². The minimum atomic E-state index is -3.89. The topological polar surface area (TPSA) is 66.5 Å². The summed E-state index contributed by atoms with van der Waals surface area (Å²) in [7, 11) is -3.89. The predicted molar refractivity (Wildman–Crippen MR) is 142 cm³/mol. The number of sulfonamides is 1. The first-order valence-electron chi connectivity index (χ1n) is 11.0. The van der Waals surface area contributed by atoms with Gasteiger partial charge in [0.05, 0.1) is 10.6 Å². The van der Waals surface area contributed by atoms with E-state index in [1.165, 1.54) is 4.31 Å². The molecule has 0 unspecified atom stereocenters. The van der Waals surface area contributed by atoms with Gasteiger partial charge in [0, 0.05) is 17.3 Å². The Labute approximate surface area is 211 Å². The first-order chi connectivity index (χ1) is 16.3. The Hall–Kier alpha value is -2.48. The summed E-state index contributed by atoms with van der Waals surface area (Å²) in [6.45, 7) is 4.02. The molecular weight excluding hydrogens is 488 g/mol. The van der Waals surface area contributed by atoms with Crippen LogP contribution in [-0.4, -0.2) is 33.2 Å². The summed E-state index contributed by atoms with van der Waals surface area (Å²) >= 11 is 7.78. The van der Waals surface area contributed by atoms with Gasteiger partial charge in [-0.15, -0.1) is 0 Å². The summed E-state index contributed by atoms with van der Waals surface area (Å²) in [5.41, 5.74) is 3.60. The molecule has 0 fully saturated rings. The molecule has 0 saturated carbocycles. The van der Waals surface area contributed by atoms with Gasteiger partial charge in [-0.25, -0.2) is 8.42 Å². The van der Waals surface area contributed by atoms with Crippen LogP contribution in [0.1, 0.15) is 23.1 Å². The lowest BCUT2D eigenvalue weighted by Gasteiger charge is -2.24. The highest BCUT2D eigenvalue weighted by atomic mass is 35.5. The average Bonchev–Trinajstić information content (AvgIpc) is 2.81. The van der Waals surface area contributed by atoms with Gasteiger partial charge in [-0.3, -0.25) is 9.10 Å². The van der Waals surface area contributed by atoms with Gasteiger partial charge in [-0.1, -0.05) is 59.1 Å². The van der Waals surface area contributed by atoms with Crippen molar-refractivity contribution in [3.8, 4) is 0 Å². The number of benzene rings is 3. The van der Waals surface area contributed by atoms with Gasteiger partial charge in [-0.2, -0.15) is 11.8 Å². The Morgan fingerprint density at radius 2 is 1.62 bits per heavy atom. The van der Waals surface area contributed by atoms with E-state index < -0.39 is 10.0 Å². The molecule has 180 valence electrons. The molecule has 0 spiro atoms. The zero-order valence-corrected chi connectivity index (χ0v) is 21.7. The number of halogens is 1. The first kappa shape index (κ1) is 26.1. The lowest BCUT2D eigenvalue weighted by molar-refractivity contribution is -0.119. The predicted octanol–water partition coefficient (Wildman–Crippen LogP) is 5.59. The van der Waals surface area contributed by atoms with Gasteiger partial charge in [-0.05, 0) is 68.0 Å². The monoisotopic (exact) mass is 516 g/mol. The molecule has 0 aliphatic carbocycles. The molecule has 34 heavy (non-hydrogen) atoms. The maximum atomic E-state index is 13.4. The third-order valence-corrected chi connectivity index (χ3v) is 8.30. The van der Waals surface area contributed by atoms with E-state index in [-0.39, 0.29) is 17.3 Å². The number of aryl methyl sites for hydroxylation is 2. The second-order valence-electron chi connectivity index (χ2n) is 8.05. The van der Waals surface area contributed by atoms with Crippen molar-refractivity contribution in [1.82, 2.24) is 5.32 Å². The fourth-order valence-electron chi connectivity index (χ4n) is 3.27. The molecule has 3 aromatic carbocycles. The van der Waals surface area contributed by atoms with E-state index in [0.29, 0.717) is 12.2 Å². The van der Waals surface area contributed by atoms with Crippen molar-refractivity contribution in [2.45, 2.75) is 30.9 Å². The molecule has 5 nitrogen and oxygen atoms in total. The lowest BCUT2D eigenvalue weighted by Crippen LogP contribution is -2.41. The maximum Gasteiger partial charge on any atom is 0.264 e. The largest absolute Gasteiger partial charge is 0.354 e. The van der Waals surface area contributed by atoms with Gasteiger partial charge in [0.25, 0.3) is 10.0 Å². The molecule has 0 radical (unpaired) electrons. The smallest absolute Gasteiger partial charge is 0.264 e. The highest BCUT2D eigenvalue weighted by Gasteiger charge is 2.27. The Morgan fingerprint density at radius 3 is 2.26 bits per heavy atom. The highest BCUT2D eigenvalue weighted by molar-refractivity contribution is 7.98. The van der Waals surface area contributed by atoms with Crippen LogP contribution in [0, 0.1) is 13.8 Å². The van der Waals surface area contributed by atoms with Crippen LogP contribution >= 0.6 is 23.4 Å². The van der Waals surface area contributed by atoms with E-state index in [9.17, 15) is 13.2 Å². The molecule has 0 atom stereocenters. The lowest BCUT2D eigenvalue weighted by atomic mass is 10.2. The third-order valence-electron chi connectivity index (χ3n) is 5.16. The van der Waals surface area contributed by atoms with Gasteiger partial charge in [0.1, 0.15) is 6.54 Å². The molecule has 0 aromatic heterocycles. The van der Waals surface area contributed by atoms with Crippen LogP contribution in [0.15, 0.2) is 77.7 Å². The van der Waals surface area contributed by atoms with Gasteiger partial charge in [0.2, 0.25) is 5.91 Å². The summed E-state index contributed by atoms with van der Waals surface area (Å²) in [5, 5.41) is 3.58. The van der Waals surface area contributed by atoms with Crippen LogP contribution in [0.25, 0.3) is 0 Å². The summed E-state index contributed by atoms with van der Waals surface area (Å²) in [6, 6.07) is 21.5. The average molecular weight is 517 g/mol. The zero-order valence-electron chi connectivity index (χ0n) is 19.3. The van der Waals surface area contributed by atoms with Crippen molar-refractivity contribution in [3.63, 3.8) is 0 Å². The zero-order chi connectivity index (χ0) is 24.6. The minimum Gasteiger partial charge on any atom is -0.354 e. The number of hydrogen-bond donors (Lipinski definition) is 1. The standard InChI is InChI=1S/C26H29ClN2O3S2/c1-20-7-11-24(12-8-20)29(34(31,32)25-13-9-21(2)10-14-25)18-26(30)28-15-4-16-33-19-22-5-3-6-23(27)17-22/h3,5-14,17H,4,15-16,18-19H2,1-2H3,(H,28,30). The van der Waals surface area contributed by atoms with E-state index in [0.717, 1.165) is 39.6 Å². The molecule has 0 aliphatic heterocycles. The molecule has 0 bridgehead atoms. The molecule has 0 aliphatic rings. The second-order valence-corrected chi connectivity index (χ2v) is 11.5.